The number of rotatable bonds is 3. The summed E-state index contributed by atoms with van der Waals surface area (Å²) < 4.78 is 1.63. The average Bonchev–Trinajstić information content (AvgIpc) is 2.99. The van der Waals surface area contributed by atoms with Crippen LogP contribution in [-0.4, -0.2) is 27.8 Å². The molecule has 1 aromatic rings. The first-order chi connectivity index (χ1) is 12.3. The molecule has 6 heteroatoms. The van der Waals surface area contributed by atoms with Gasteiger partial charge < -0.3 is 5.32 Å². The van der Waals surface area contributed by atoms with Gasteiger partial charge in [-0.3, -0.25) is 14.2 Å². The van der Waals surface area contributed by atoms with Crippen molar-refractivity contribution in [2.75, 3.05) is 12.3 Å². The summed E-state index contributed by atoms with van der Waals surface area (Å²) in [5.74, 6) is 1.41. The van der Waals surface area contributed by atoms with Crippen molar-refractivity contribution in [2.45, 2.75) is 64.1 Å². The van der Waals surface area contributed by atoms with E-state index in [0.717, 1.165) is 16.8 Å². The van der Waals surface area contributed by atoms with Gasteiger partial charge in [-0.15, -0.1) is 0 Å². The van der Waals surface area contributed by atoms with Crippen LogP contribution in [0.2, 0.25) is 0 Å². The van der Waals surface area contributed by atoms with Gasteiger partial charge in [0.15, 0.2) is 5.16 Å². The summed E-state index contributed by atoms with van der Waals surface area (Å²) >= 11 is 1.57. The molecule has 140 valence electrons. The molecule has 1 amide bonds. The number of nitrogens with one attached hydrogen (secondary N) is 1. The zero-order valence-electron chi connectivity index (χ0n) is 15.6. The lowest BCUT2D eigenvalue weighted by Crippen LogP contribution is -2.58. The lowest BCUT2D eigenvalue weighted by molar-refractivity contribution is -0.142. The highest BCUT2D eigenvalue weighted by Crippen LogP contribution is 2.69. The first kappa shape index (κ1) is 16.8. The number of carbonyl (C=O) groups excluding carboxylic acids is 1. The fourth-order valence-corrected chi connectivity index (χ4v) is 8.33. The van der Waals surface area contributed by atoms with Gasteiger partial charge in [-0.05, 0) is 60.7 Å². The van der Waals surface area contributed by atoms with Crippen LogP contribution in [0.4, 0.5) is 0 Å². The molecule has 0 radical (unpaired) electrons. The molecule has 1 aliphatic heterocycles. The van der Waals surface area contributed by atoms with Gasteiger partial charge in [0, 0.05) is 25.0 Å². The van der Waals surface area contributed by atoms with Gasteiger partial charge in [0.05, 0.1) is 0 Å². The van der Waals surface area contributed by atoms with Crippen LogP contribution in [0.3, 0.4) is 0 Å². The van der Waals surface area contributed by atoms with Gasteiger partial charge in [0.2, 0.25) is 0 Å². The predicted molar refractivity (Wildman–Crippen MR) is 101 cm³/mol. The molecule has 26 heavy (non-hydrogen) atoms. The first-order valence-electron chi connectivity index (χ1n) is 9.80. The van der Waals surface area contributed by atoms with E-state index in [-0.39, 0.29) is 22.4 Å². The van der Waals surface area contributed by atoms with Gasteiger partial charge in [-0.2, -0.15) is 0 Å². The third-order valence-electron chi connectivity index (χ3n) is 7.17. The van der Waals surface area contributed by atoms with Gasteiger partial charge >= 0.3 is 0 Å². The highest BCUT2D eigenvalue weighted by molar-refractivity contribution is 7.99. The molecule has 4 saturated carbocycles. The van der Waals surface area contributed by atoms with Crippen LogP contribution in [0, 0.1) is 22.2 Å². The molecular weight excluding hydrogens is 346 g/mol. The second-order valence-corrected chi connectivity index (χ2v) is 11.1. The van der Waals surface area contributed by atoms with Gasteiger partial charge in [-0.1, -0.05) is 25.6 Å². The number of hydrogen-bond acceptors (Lipinski definition) is 4. The van der Waals surface area contributed by atoms with Crippen molar-refractivity contribution in [3.63, 3.8) is 0 Å². The maximum absolute atomic E-state index is 12.7. The maximum Gasteiger partial charge on any atom is 0.267 e. The fraction of sp³-hybridized carbons (Fsp3) is 0.750. The van der Waals surface area contributed by atoms with Crippen LogP contribution in [0.1, 0.15) is 62.7 Å². The predicted octanol–water partition coefficient (Wildman–Crippen LogP) is 3.08. The van der Waals surface area contributed by atoms with Crippen molar-refractivity contribution in [2.24, 2.45) is 22.2 Å². The van der Waals surface area contributed by atoms with Crippen LogP contribution < -0.4 is 10.9 Å². The lowest BCUT2D eigenvalue weighted by Gasteiger charge is -2.65. The maximum atomic E-state index is 12.7. The third kappa shape index (κ3) is 2.55. The Morgan fingerprint density at radius 3 is 2.69 bits per heavy atom. The Balaban J connectivity index is 1.35. The summed E-state index contributed by atoms with van der Waals surface area (Å²) in [5, 5.41) is 3.85. The average molecular weight is 374 g/mol. The van der Waals surface area contributed by atoms with Crippen molar-refractivity contribution in [1.82, 2.24) is 14.9 Å². The minimum absolute atomic E-state index is 0.193. The molecule has 0 spiro atoms. The largest absolute Gasteiger partial charge is 0.351 e. The number of hydrogen-bond donors (Lipinski definition) is 1. The Kier molecular flexibility index (Phi) is 3.48. The number of amides is 1. The third-order valence-corrected chi connectivity index (χ3v) is 8.14. The fourth-order valence-electron chi connectivity index (χ4n) is 7.42. The molecule has 2 heterocycles. The molecule has 4 bridgehead atoms. The summed E-state index contributed by atoms with van der Waals surface area (Å²) in [6.07, 6.45) is 9.16. The zero-order valence-corrected chi connectivity index (χ0v) is 16.5. The second-order valence-electron chi connectivity index (χ2n) is 10.1. The number of aromatic nitrogens is 2. The van der Waals surface area contributed by atoms with E-state index in [4.69, 9.17) is 0 Å². The van der Waals surface area contributed by atoms with Crippen molar-refractivity contribution < 1.29 is 4.79 Å². The van der Waals surface area contributed by atoms with Crippen LogP contribution in [0.15, 0.2) is 16.1 Å². The van der Waals surface area contributed by atoms with Crippen molar-refractivity contribution in [1.29, 1.82) is 0 Å². The number of nitrogens with zero attached hydrogens (tertiary/aromatic N) is 2. The summed E-state index contributed by atoms with van der Waals surface area (Å²) in [5.41, 5.74) is 1.09. The monoisotopic (exact) mass is 373 g/mol. The van der Waals surface area contributed by atoms with Crippen LogP contribution >= 0.6 is 11.8 Å². The summed E-state index contributed by atoms with van der Waals surface area (Å²) in [4.78, 5) is 29.6. The lowest BCUT2D eigenvalue weighted by atomic mass is 9.40. The summed E-state index contributed by atoms with van der Waals surface area (Å²) in [6, 6.07) is 0. The van der Waals surface area contributed by atoms with Gasteiger partial charge in [-0.25, -0.2) is 4.98 Å². The van der Waals surface area contributed by atoms with Crippen LogP contribution in [0.5, 0.6) is 0 Å². The van der Waals surface area contributed by atoms with Crippen molar-refractivity contribution in [3.05, 3.63) is 22.1 Å². The normalized spacial score (nSPS) is 39.8. The number of fused-ring (bicyclic) bond motifs is 1. The molecule has 6 rings (SSSR count). The number of carbonyl (C=O) groups is 1. The highest BCUT2D eigenvalue weighted by Gasteiger charge is 2.59. The summed E-state index contributed by atoms with van der Waals surface area (Å²) in [7, 11) is 0. The van der Waals surface area contributed by atoms with Crippen molar-refractivity contribution >= 4 is 17.7 Å². The SMILES string of the molecule is CC12CC3CC(C)(C1)CC(CNC(=O)c1cnc4n(c1=O)CCS4)(C3)C2. The van der Waals surface area contributed by atoms with Crippen LogP contribution in [0.25, 0.3) is 0 Å². The Labute approximate surface area is 158 Å². The van der Waals surface area contributed by atoms with Crippen molar-refractivity contribution in [3.8, 4) is 0 Å². The molecule has 0 aromatic carbocycles. The Morgan fingerprint density at radius 1 is 1.27 bits per heavy atom. The molecule has 1 N–H and O–H groups in total. The minimum Gasteiger partial charge on any atom is -0.351 e. The molecular formula is C20H27N3O2S. The van der Waals surface area contributed by atoms with E-state index < -0.39 is 0 Å². The zero-order chi connectivity index (χ0) is 18.2. The van der Waals surface area contributed by atoms with E-state index in [1.165, 1.54) is 44.7 Å². The first-order valence-corrected chi connectivity index (χ1v) is 10.8. The Morgan fingerprint density at radius 2 is 2.00 bits per heavy atom. The minimum atomic E-state index is -0.249. The Bertz CT molecular complexity index is 830. The standard InChI is InChI=1S/C20H27N3O2S/c1-18-5-13-6-19(2,9-18)11-20(7-13,10-18)12-22-15(24)14-8-21-17-23(16(14)25)3-4-26-17/h8,13H,3-7,9-12H2,1-2H3,(H,22,24). The van der Waals surface area contributed by atoms with Gasteiger partial charge in [0.25, 0.3) is 11.5 Å². The van der Waals surface area contributed by atoms with E-state index in [9.17, 15) is 9.59 Å². The summed E-state index contributed by atoms with van der Waals surface area (Å²) in [6.45, 7) is 6.24. The molecule has 5 nitrogen and oxygen atoms in total. The van der Waals surface area contributed by atoms with Gasteiger partial charge in [0.1, 0.15) is 5.56 Å². The topological polar surface area (TPSA) is 64.0 Å². The molecule has 1 aromatic heterocycles. The van der Waals surface area contributed by atoms with E-state index in [0.29, 0.717) is 23.9 Å². The van der Waals surface area contributed by atoms with E-state index in [1.807, 2.05) is 0 Å². The second kappa shape index (κ2) is 5.37. The number of thioether (sulfide) groups is 1. The Hall–Kier alpha value is -1.30. The highest BCUT2D eigenvalue weighted by atomic mass is 32.2. The quantitative estimate of drug-likeness (QED) is 0.827. The van der Waals surface area contributed by atoms with E-state index in [1.54, 1.807) is 16.3 Å². The molecule has 2 atom stereocenters. The van der Waals surface area contributed by atoms with E-state index in [2.05, 4.69) is 24.1 Å². The van der Waals surface area contributed by atoms with E-state index >= 15 is 0 Å². The molecule has 4 fully saturated rings. The molecule has 2 unspecified atom stereocenters. The smallest absolute Gasteiger partial charge is 0.267 e. The molecule has 0 saturated heterocycles. The van der Waals surface area contributed by atoms with Crippen LogP contribution in [-0.2, 0) is 6.54 Å². The molecule has 4 aliphatic carbocycles. The molecule has 5 aliphatic rings.